The third-order valence-corrected chi connectivity index (χ3v) is 6.17. The fraction of sp³-hybridized carbons (Fsp3) is 0.706. The van der Waals surface area contributed by atoms with Crippen molar-refractivity contribution in [2.45, 2.75) is 50.9 Å². The van der Waals surface area contributed by atoms with Crippen LogP contribution in [0.3, 0.4) is 0 Å². The normalized spacial score (nSPS) is 31.9. The molecule has 0 saturated carbocycles. The molecule has 0 aromatic carbocycles. The Morgan fingerprint density at radius 1 is 1.37 bits per heavy atom. The third kappa shape index (κ3) is 3.55. The molecule has 4 unspecified atom stereocenters. The molecule has 10 heteroatoms. The first-order chi connectivity index (χ1) is 12.6. The van der Waals surface area contributed by atoms with E-state index < -0.39 is 28.6 Å². The lowest BCUT2D eigenvalue weighted by Crippen LogP contribution is -2.57. The molecule has 6 nitrogen and oxygen atoms in total. The summed E-state index contributed by atoms with van der Waals surface area (Å²) in [6.07, 6.45) is 1.79. The highest BCUT2D eigenvalue weighted by molar-refractivity contribution is 8.00. The first-order valence-electron chi connectivity index (χ1n) is 8.90. The van der Waals surface area contributed by atoms with Crippen LogP contribution in [0.4, 0.5) is 13.2 Å². The van der Waals surface area contributed by atoms with Crippen LogP contribution >= 0.6 is 0 Å². The Balaban J connectivity index is 1.91. The van der Waals surface area contributed by atoms with E-state index in [0.717, 1.165) is 19.8 Å². The second kappa shape index (κ2) is 7.03. The van der Waals surface area contributed by atoms with Gasteiger partial charge in [0.05, 0.1) is 10.8 Å². The molecule has 0 N–H and O–H groups in total. The van der Waals surface area contributed by atoms with Gasteiger partial charge < -0.3 is 4.90 Å². The number of carbonyl (C=O) groups excluding carboxylic acids is 1. The van der Waals surface area contributed by atoms with Gasteiger partial charge in [0.1, 0.15) is 16.9 Å². The minimum Gasteiger partial charge on any atom is -0.340 e. The van der Waals surface area contributed by atoms with Gasteiger partial charge in [-0.3, -0.25) is 9.00 Å². The summed E-state index contributed by atoms with van der Waals surface area (Å²) >= 11 is 0. The number of aliphatic imine (C=N–C) groups is 1. The largest absolute Gasteiger partial charge is 0.415 e. The highest BCUT2D eigenvalue weighted by atomic mass is 32.2. The molecule has 0 aromatic rings. The first-order valence-corrected chi connectivity index (χ1v) is 10.5. The van der Waals surface area contributed by atoms with Crippen molar-refractivity contribution in [1.29, 1.82) is 0 Å². The lowest BCUT2D eigenvalue weighted by Gasteiger charge is -2.36. The Kier molecular flexibility index (Phi) is 5.22. The zero-order valence-electron chi connectivity index (χ0n) is 15.5. The first kappa shape index (κ1) is 20.0. The van der Waals surface area contributed by atoms with E-state index in [1.165, 1.54) is 28.3 Å². The molecular weight excluding hydrogens is 381 g/mol. The van der Waals surface area contributed by atoms with Crippen molar-refractivity contribution in [2.75, 3.05) is 19.3 Å². The second-order valence-corrected chi connectivity index (χ2v) is 8.69. The van der Waals surface area contributed by atoms with Crippen molar-refractivity contribution >= 4 is 27.6 Å². The van der Waals surface area contributed by atoms with Crippen LogP contribution in [-0.4, -0.2) is 68.0 Å². The monoisotopic (exact) mass is 404 g/mol. The molecule has 0 aliphatic carbocycles. The molecular formula is C17H23F3N4O2S. The molecule has 0 bridgehead atoms. The van der Waals surface area contributed by atoms with E-state index in [0.29, 0.717) is 13.0 Å². The summed E-state index contributed by atoms with van der Waals surface area (Å²) in [7, 11) is -1.44. The number of alkyl halides is 3. The number of rotatable bonds is 4. The molecule has 3 heterocycles. The van der Waals surface area contributed by atoms with Crippen molar-refractivity contribution in [2.24, 2.45) is 16.0 Å². The lowest BCUT2D eigenvalue weighted by atomic mass is 9.92. The van der Waals surface area contributed by atoms with Crippen LogP contribution < -0.4 is 0 Å². The molecule has 3 aliphatic heterocycles. The van der Waals surface area contributed by atoms with Crippen LogP contribution in [0.5, 0.6) is 0 Å². The SMILES string of the molecule is CCCC1CC(=O)N(CC2N3N=C(S(C)=O)C=CC3=NC2(C)C(F)(F)F)C1. The summed E-state index contributed by atoms with van der Waals surface area (Å²) in [6.45, 7) is 3.38. The average Bonchev–Trinajstić information content (AvgIpc) is 3.05. The molecule has 0 spiro atoms. The van der Waals surface area contributed by atoms with Gasteiger partial charge in [0.25, 0.3) is 0 Å². The maximum Gasteiger partial charge on any atom is 0.415 e. The molecule has 4 atom stereocenters. The number of likely N-dealkylation sites (tertiary alicyclic amines) is 1. The molecule has 1 saturated heterocycles. The highest BCUT2D eigenvalue weighted by Gasteiger charge is 2.63. The van der Waals surface area contributed by atoms with Gasteiger partial charge in [0.15, 0.2) is 5.54 Å². The van der Waals surface area contributed by atoms with Crippen molar-refractivity contribution in [3.8, 4) is 0 Å². The van der Waals surface area contributed by atoms with Gasteiger partial charge in [-0.05, 0) is 31.4 Å². The number of fused-ring (bicyclic) bond motifs is 1. The van der Waals surface area contributed by atoms with Gasteiger partial charge >= 0.3 is 6.18 Å². The quantitative estimate of drug-likeness (QED) is 0.722. The molecule has 1 fully saturated rings. The average molecular weight is 404 g/mol. The van der Waals surface area contributed by atoms with Crippen LogP contribution in [0, 0.1) is 5.92 Å². The Morgan fingerprint density at radius 2 is 2.07 bits per heavy atom. The summed E-state index contributed by atoms with van der Waals surface area (Å²) in [6, 6.07) is -1.19. The Hall–Kier alpha value is -1.71. The van der Waals surface area contributed by atoms with Crippen LogP contribution in [0.15, 0.2) is 22.2 Å². The molecule has 27 heavy (non-hydrogen) atoms. The van der Waals surface area contributed by atoms with E-state index in [-0.39, 0.29) is 29.2 Å². The van der Waals surface area contributed by atoms with E-state index in [9.17, 15) is 22.2 Å². The van der Waals surface area contributed by atoms with Gasteiger partial charge in [-0.2, -0.15) is 18.3 Å². The van der Waals surface area contributed by atoms with Gasteiger partial charge in [-0.1, -0.05) is 13.3 Å². The smallest absolute Gasteiger partial charge is 0.340 e. The lowest BCUT2D eigenvalue weighted by molar-refractivity contribution is -0.191. The fourth-order valence-corrected chi connectivity index (χ4v) is 4.25. The summed E-state index contributed by atoms with van der Waals surface area (Å²) in [5, 5.41) is 5.52. The number of halogens is 3. The summed E-state index contributed by atoms with van der Waals surface area (Å²) in [4.78, 5) is 17.7. The standard InChI is InChI=1S/C17H23F3N4O2S/c1-4-5-11-8-15(25)23(9-11)10-12-16(2,17(18,19)20)21-13-6-7-14(27(3)26)22-24(12)13/h6-7,11-12H,4-5,8-10H2,1-3H3. The molecule has 3 rings (SSSR count). The van der Waals surface area contributed by atoms with Gasteiger partial charge in [0.2, 0.25) is 5.91 Å². The number of amidine groups is 1. The molecule has 1 amide bonds. The van der Waals surface area contributed by atoms with Crippen molar-refractivity contribution < 1.29 is 22.2 Å². The maximum absolute atomic E-state index is 13.9. The van der Waals surface area contributed by atoms with Crippen LogP contribution in [0.1, 0.15) is 33.1 Å². The number of hydrogen-bond acceptors (Lipinski definition) is 5. The predicted octanol–water partition coefficient (Wildman–Crippen LogP) is 2.30. The zero-order chi connectivity index (χ0) is 20.0. The number of amides is 1. The van der Waals surface area contributed by atoms with Crippen molar-refractivity contribution in [1.82, 2.24) is 9.91 Å². The minimum atomic E-state index is -4.61. The van der Waals surface area contributed by atoms with E-state index in [2.05, 4.69) is 10.1 Å². The van der Waals surface area contributed by atoms with E-state index in [1.807, 2.05) is 6.92 Å². The number of hydrogen-bond donors (Lipinski definition) is 0. The summed E-state index contributed by atoms with van der Waals surface area (Å²) in [5.41, 5.74) is -2.40. The van der Waals surface area contributed by atoms with Gasteiger partial charge in [-0.15, -0.1) is 0 Å². The molecule has 0 aromatic heterocycles. The van der Waals surface area contributed by atoms with E-state index >= 15 is 0 Å². The van der Waals surface area contributed by atoms with E-state index in [4.69, 9.17) is 0 Å². The Bertz CT molecular complexity index is 749. The Labute approximate surface area is 158 Å². The van der Waals surface area contributed by atoms with Crippen molar-refractivity contribution in [3.63, 3.8) is 0 Å². The molecule has 0 radical (unpaired) electrons. The topological polar surface area (TPSA) is 65.3 Å². The number of hydrazone groups is 1. The molecule has 150 valence electrons. The second-order valence-electron chi connectivity index (χ2n) is 7.36. The van der Waals surface area contributed by atoms with E-state index in [1.54, 1.807) is 0 Å². The van der Waals surface area contributed by atoms with Gasteiger partial charge in [-0.25, -0.2) is 10.0 Å². The predicted molar refractivity (Wildman–Crippen MR) is 97.8 cm³/mol. The maximum atomic E-state index is 13.9. The molecule has 3 aliphatic rings. The highest BCUT2D eigenvalue weighted by Crippen LogP contribution is 2.44. The van der Waals surface area contributed by atoms with Crippen LogP contribution in [0.2, 0.25) is 0 Å². The number of nitrogens with zero attached hydrogens (tertiary/aromatic N) is 4. The number of carbonyl (C=O) groups is 1. The zero-order valence-corrected chi connectivity index (χ0v) is 16.3. The Morgan fingerprint density at radius 3 is 2.67 bits per heavy atom. The van der Waals surface area contributed by atoms with Crippen LogP contribution in [0.25, 0.3) is 0 Å². The third-order valence-electron chi connectivity index (χ3n) is 5.36. The van der Waals surface area contributed by atoms with Crippen molar-refractivity contribution in [3.05, 3.63) is 12.2 Å². The summed E-state index contributed by atoms with van der Waals surface area (Å²) < 4.78 is 53.4. The minimum absolute atomic E-state index is 0.0748. The summed E-state index contributed by atoms with van der Waals surface area (Å²) in [5.74, 6) is 0.109. The fourth-order valence-electron chi connectivity index (χ4n) is 3.78. The van der Waals surface area contributed by atoms with Gasteiger partial charge in [0, 0.05) is 25.8 Å². The van der Waals surface area contributed by atoms with Crippen LogP contribution in [-0.2, 0) is 15.6 Å².